The first-order valence-corrected chi connectivity index (χ1v) is 7.20. The highest BCUT2D eigenvalue weighted by Crippen LogP contribution is 2.16. The smallest absolute Gasteiger partial charge is 0.261 e. The molecule has 19 heavy (non-hydrogen) atoms. The lowest BCUT2D eigenvalue weighted by molar-refractivity contribution is -0.107. The predicted molar refractivity (Wildman–Crippen MR) is 73.5 cm³/mol. The van der Waals surface area contributed by atoms with Crippen LogP contribution in [0.3, 0.4) is 0 Å². The van der Waals surface area contributed by atoms with Crippen LogP contribution in [0.25, 0.3) is 0 Å². The Morgan fingerprint density at radius 1 is 0.947 bits per heavy atom. The second-order valence-corrected chi connectivity index (χ2v) is 5.67. The van der Waals surface area contributed by atoms with Crippen LogP contribution < -0.4 is 4.72 Å². The monoisotopic (exact) mass is 275 g/mol. The summed E-state index contributed by atoms with van der Waals surface area (Å²) in [7, 11) is -3.56. The SMILES string of the molecule is O=CCc1ccc(NS(=O)(=O)c2ccccc2)cc1. The maximum atomic E-state index is 12.0. The minimum Gasteiger partial charge on any atom is -0.303 e. The van der Waals surface area contributed by atoms with Gasteiger partial charge in [0.25, 0.3) is 10.0 Å². The quantitative estimate of drug-likeness (QED) is 0.851. The van der Waals surface area contributed by atoms with E-state index in [0.717, 1.165) is 11.8 Å². The van der Waals surface area contributed by atoms with Gasteiger partial charge in [0.05, 0.1) is 4.90 Å². The number of anilines is 1. The lowest BCUT2D eigenvalue weighted by atomic mass is 10.1. The molecule has 2 aromatic carbocycles. The van der Waals surface area contributed by atoms with Crippen LogP contribution in [0.15, 0.2) is 59.5 Å². The normalized spacial score (nSPS) is 10.9. The first-order valence-electron chi connectivity index (χ1n) is 5.72. The van der Waals surface area contributed by atoms with Gasteiger partial charge in [0.2, 0.25) is 0 Å². The highest BCUT2D eigenvalue weighted by Gasteiger charge is 2.12. The van der Waals surface area contributed by atoms with E-state index in [1.807, 2.05) is 0 Å². The molecule has 0 aliphatic heterocycles. The van der Waals surface area contributed by atoms with Crippen molar-refractivity contribution in [3.05, 3.63) is 60.2 Å². The van der Waals surface area contributed by atoms with Gasteiger partial charge in [0.1, 0.15) is 6.29 Å². The molecule has 0 aliphatic rings. The van der Waals surface area contributed by atoms with Crippen LogP contribution in [0.5, 0.6) is 0 Å². The Kier molecular flexibility index (Phi) is 3.97. The molecule has 0 fully saturated rings. The molecule has 0 saturated carbocycles. The van der Waals surface area contributed by atoms with E-state index in [1.54, 1.807) is 42.5 Å². The fraction of sp³-hybridized carbons (Fsp3) is 0.0714. The van der Waals surface area contributed by atoms with E-state index in [0.29, 0.717) is 12.1 Å². The number of nitrogens with one attached hydrogen (secondary N) is 1. The van der Waals surface area contributed by atoms with Crippen molar-refractivity contribution in [2.45, 2.75) is 11.3 Å². The third-order valence-electron chi connectivity index (χ3n) is 2.58. The Morgan fingerprint density at radius 3 is 2.16 bits per heavy atom. The molecule has 0 saturated heterocycles. The summed E-state index contributed by atoms with van der Waals surface area (Å²) in [5.41, 5.74) is 1.32. The molecule has 0 radical (unpaired) electrons. The maximum Gasteiger partial charge on any atom is 0.261 e. The molecule has 1 N–H and O–H groups in total. The van der Waals surface area contributed by atoms with Gasteiger partial charge in [0, 0.05) is 12.1 Å². The van der Waals surface area contributed by atoms with Crippen molar-refractivity contribution in [1.82, 2.24) is 0 Å². The second kappa shape index (κ2) is 5.67. The van der Waals surface area contributed by atoms with Crippen molar-refractivity contribution in [3.8, 4) is 0 Å². The number of aldehydes is 1. The summed E-state index contributed by atoms with van der Waals surface area (Å²) in [5.74, 6) is 0. The summed E-state index contributed by atoms with van der Waals surface area (Å²) in [5, 5.41) is 0. The Hall–Kier alpha value is -2.14. The fourth-order valence-electron chi connectivity index (χ4n) is 1.62. The molecule has 0 unspecified atom stereocenters. The number of sulfonamides is 1. The molecule has 5 heteroatoms. The van der Waals surface area contributed by atoms with Crippen LogP contribution in [0.4, 0.5) is 5.69 Å². The molecule has 4 nitrogen and oxygen atoms in total. The van der Waals surface area contributed by atoms with Gasteiger partial charge >= 0.3 is 0 Å². The maximum absolute atomic E-state index is 12.0. The first kappa shape index (κ1) is 13.3. The average Bonchev–Trinajstić information content (AvgIpc) is 2.42. The number of carbonyl (C=O) groups is 1. The first-order chi connectivity index (χ1) is 9.12. The Bertz CT molecular complexity index is 649. The van der Waals surface area contributed by atoms with Crippen molar-refractivity contribution in [3.63, 3.8) is 0 Å². The summed E-state index contributed by atoms with van der Waals surface area (Å²) in [6, 6.07) is 14.9. The third kappa shape index (κ3) is 3.42. The fourth-order valence-corrected chi connectivity index (χ4v) is 2.70. The zero-order valence-electron chi connectivity index (χ0n) is 10.1. The number of benzene rings is 2. The molecule has 0 amide bonds. The van der Waals surface area contributed by atoms with Gasteiger partial charge in [-0.1, -0.05) is 30.3 Å². The molecule has 0 aliphatic carbocycles. The molecule has 0 spiro atoms. The van der Waals surface area contributed by atoms with Crippen molar-refractivity contribution in [1.29, 1.82) is 0 Å². The zero-order valence-corrected chi connectivity index (χ0v) is 10.9. The number of rotatable bonds is 5. The highest BCUT2D eigenvalue weighted by atomic mass is 32.2. The van der Waals surface area contributed by atoms with Crippen LogP contribution in [0.2, 0.25) is 0 Å². The standard InChI is InChI=1S/C14H13NO3S/c16-11-10-12-6-8-13(9-7-12)15-19(17,18)14-4-2-1-3-5-14/h1-9,11,15H,10H2. The summed E-state index contributed by atoms with van der Waals surface area (Å²) >= 11 is 0. The largest absolute Gasteiger partial charge is 0.303 e. The van der Waals surface area contributed by atoms with Crippen LogP contribution in [0, 0.1) is 0 Å². The van der Waals surface area contributed by atoms with Crippen molar-refractivity contribution in [2.24, 2.45) is 0 Å². The minimum atomic E-state index is -3.56. The highest BCUT2D eigenvalue weighted by molar-refractivity contribution is 7.92. The van der Waals surface area contributed by atoms with Crippen molar-refractivity contribution < 1.29 is 13.2 Å². The lowest BCUT2D eigenvalue weighted by Gasteiger charge is -2.08. The lowest BCUT2D eigenvalue weighted by Crippen LogP contribution is -2.12. The van der Waals surface area contributed by atoms with E-state index in [2.05, 4.69) is 4.72 Å². The van der Waals surface area contributed by atoms with E-state index < -0.39 is 10.0 Å². The topological polar surface area (TPSA) is 63.2 Å². The van der Waals surface area contributed by atoms with E-state index in [9.17, 15) is 13.2 Å². The minimum absolute atomic E-state index is 0.215. The molecular formula is C14H13NO3S. The molecule has 2 aromatic rings. The molecule has 0 heterocycles. The number of hydrogen-bond donors (Lipinski definition) is 1. The Labute approximate surface area is 112 Å². The van der Waals surface area contributed by atoms with E-state index >= 15 is 0 Å². The van der Waals surface area contributed by atoms with Gasteiger partial charge in [-0.15, -0.1) is 0 Å². The predicted octanol–water partition coefficient (Wildman–Crippen LogP) is 2.23. The van der Waals surface area contributed by atoms with Crippen LogP contribution in [-0.2, 0) is 21.2 Å². The van der Waals surface area contributed by atoms with Gasteiger partial charge in [-0.25, -0.2) is 8.42 Å². The van der Waals surface area contributed by atoms with Gasteiger partial charge in [-0.2, -0.15) is 0 Å². The summed E-state index contributed by atoms with van der Waals surface area (Å²) < 4.78 is 26.6. The van der Waals surface area contributed by atoms with Crippen molar-refractivity contribution >= 4 is 22.0 Å². The van der Waals surface area contributed by atoms with E-state index in [1.165, 1.54) is 12.1 Å². The number of hydrogen-bond acceptors (Lipinski definition) is 3. The molecule has 0 aromatic heterocycles. The molecule has 0 atom stereocenters. The van der Waals surface area contributed by atoms with Crippen molar-refractivity contribution in [2.75, 3.05) is 4.72 Å². The molecule has 2 rings (SSSR count). The average molecular weight is 275 g/mol. The summed E-state index contributed by atoms with van der Waals surface area (Å²) in [4.78, 5) is 10.6. The van der Waals surface area contributed by atoms with Gasteiger partial charge in [0.15, 0.2) is 0 Å². The van der Waals surface area contributed by atoms with Crippen LogP contribution in [0.1, 0.15) is 5.56 Å². The second-order valence-electron chi connectivity index (χ2n) is 3.99. The molecular weight excluding hydrogens is 262 g/mol. The third-order valence-corrected chi connectivity index (χ3v) is 3.98. The van der Waals surface area contributed by atoms with Gasteiger partial charge < -0.3 is 4.79 Å². The summed E-state index contributed by atoms with van der Waals surface area (Å²) in [6.45, 7) is 0. The Balaban J connectivity index is 2.19. The number of carbonyl (C=O) groups excluding carboxylic acids is 1. The van der Waals surface area contributed by atoms with E-state index in [4.69, 9.17) is 0 Å². The Morgan fingerprint density at radius 2 is 1.58 bits per heavy atom. The van der Waals surface area contributed by atoms with Gasteiger partial charge in [-0.05, 0) is 29.8 Å². The zero-order chi connectivity index (χ0) is 13.7. The van der Waals surface area contributed by atoms with Crippen LogP contribution >= 0.6 is 0 Å². The van der Waals surface area contributed by atoms with Crippen LogP contribution in [-0.4, -0.2) is 14.7 Å². The van der Waals surface area contributed by atoms with E-state index in [-0.39, 0.29) is 4.90 Å². The summed E-state index contributed by atoms with van der Waals surface area (Å²) in [6.07, 6.45) is 1.13. The van der Waals surface area contributed by atoms with Gasteiger partial charge in [-0.3, -0.25) is 4.72 Å². The molecule has 0 bridgehead atoms. The molecule has 98 valence electrons.